The minimum atomic E-state index is -0.471. The molecular formula is C68H94F2N8O10. The SMILES string of the molecule is C.CCN(CC)CCNC(=O)C1=C(C)C(=Cc2c(O)n(CO)c3ccc(F)cc23)N=C1C.CCN(CC)CCNC(=O)c1c(C)[nH]c(/C=C2\C(=O)N(COC(=O)C3CCCCC3)c3ccc(F)cc32)c1C.O=C(OC(=O)C1CCCCC1)C1CCCCC1. The van der Waals surface area contributed by atoms with Gasteiger partial charge >= 0.3 is 17.9 Å². The number of halogens is 2. The van der Waals surface area contributed by atoms with E-state index in [-0.39, 0.29) is 79.0 Å². The van der Waals surface area contributed by atoms with Gasteiger partial charge in [-0.2, -0.15) is 0 Å². The molecule has 3 saturated carbocycles. The Balaban J connectivity index is 0.000000224. The van der Waals surface area contributed by atoms with Crippen LogP contribution in [0.1, 0.15) is 184 Å². The molecule has 20 heteroatoms. The number of fused-ring (bicyclic) bond motifs is 2. The number of aliphatic hydroxyl groups is 1. The number of anilines is 1. The molecule has 480 valence electrons. The van der Waals surface area contributed by atoms with Crippen molar-refractivity contribution in [1.29, 1.82) is 0 Å². The Morgan fingerprint density at radius 3 is 1.76 bits per heavy atom. The summed E-state index contributed by atoms with van der Waals surface area (Å²) >= 11 is 0. The second-order valence-corrected chi connectivity index (χ2v) is 23.2. The van der Waals surface area contributed by atoms with Crippen molar-refractivity contribution in [3.8, 4) is 5.88 Å². The third-order valence-corrected chi connectivity index (χ3v) is 17.7. The lowest BCUT2D eigenvalue weighted by Crippen LogP contribution is -2.36. The molecule has 2 aromatic heterocycles. The van der Waals surface area contributed by atoms with Crippen molar-refractivity contribution >= 4 is 75.7 Å². The molecule has 5 N–H and O–H groups in total. The fraction of sp³-hybridized carbons (Fsp3) is 0.544. The standard InChI is InChI=1S/C30H39FN4O4.C23H29FN4O3.C14H22O3.CH4/c1-5-34(6-2)15-14-32-28(36)27-19(3)25(33-20(27)4)17-24-23-16-22(31)12-13-26(23)35(29(24)37)18-39-30(38)21-10-8-7-9-11-21;1-5-27(6-2)10-9-25-22(30)21-14(3)19(26-15(21)4)12-18-17-11-16(24)7-8-20(17)28(13-29)23(18)31;15-13(11-7-3-1-4-8-11)17-14(16)12-9-5-2-6-10-12;/h12-13,16-17,21,33H,5-11,14-15,18H2,1-4H3,(H,32,36);7-8,11-12,29,31H,5-6,9-10,13H2,1-4H3,(H,25,30);11-12H,1-10H2;1H4/b24-17-;;;. The largest absolute Gasteiger partial charge is 0.494 e. The van der Waals surface area contributed by atoms with Gasteiger partial charge in [0.25, 0.3) is 17.7 Å². The first-order chi connectivity index (χ1) is 41.8. The molecule has 0 atom stereocenters. The zero-order valence-corrected chi connectivity index (χ0v) is 52.2. The fourth-order valence-electron chi connectivity index (χ4n) is 12.4. The van der Waals surface area contributed by atoms with Gasteiger partial charge in [0.05, 0.1) is 57.1 Å². The van der Waals surface area contributed by atoms with Crippen LogP contribution >= 0.6 is 0 Å². The van der Waals surface area contributed by atoms with Crippen molar-refractivity contribution in [2.24, 2.45) is 22.7 Å². The van der Waals surface area contributed by atoms with Crippen LogP contribution in [-0.2, 0) is 40.2 Å². The van der Waals surface area contributed by atoms with E-state index < -0.39 is 18.4 Å². The second-order valence-electron chi connectivity index (χ2n) is 23.2. The molecule has 0 saturated heterocycles. The number of aromatic hydroxyl groups is 1. The first-order valence-electron chi connectivity index (χ1n) is 31.4. The maximum Gasteiger partial charge on any atom is 0.316 e. The van der Waals surface area contributed by atoms with Crippen LogP contribution in [0.4, 0.5) is 14.5 Å². The number of aryl methyl sites for hydroxylation is 1. The van der Waals surface area contributed by atoms with Gasteiger partial charge in [-0.15, -0.1) is 0 Å². The average molecular weight is 1220 g/mol. The highest BCUT2D eigenvalue weighted by Crippen LogP contribution is 2.40. The number of rotatable bonds is 20. The Labute approximate surface area is 517 Å². The lowest BCUT2D eigenvalue weighted by Gasteiger charge is -2.22. The monoisotopic (exact) mass is 1220 g/mol. The number of hydrogen-bond acceptors (Lipinski definition) is 13. The Morgan fingerprint density at radius 2 is 1.23 bits per heavy atom. The number of likely N-dealkylation sites (N-methyl/N-ethyl adjacent to an activating group) is 2. The number of allylic oxidation sites excluding steroid dienone is 1. The van der Waals surface area contributed by atoms with Crippen molar-refractivity contribution in [2.75, 3.05) is 64.0 Å². The van der Waals surface area contributed by atoms with Crippen molar-refractivity contribution in [1.82, 2.24) is 30.0 Å². The van der Waals surface area contributed by atoms with Crippen molar-refractivity contribution < 1.29 is 57.2 Å². The van der Waals surface area contributed by atoms with E-state index in [1.807, 2.05) is 13.8 Å². The van der Waals surface area contributed by atoms with Crippen LogP contribution in [0.2, 0.25) is 0 Å². The van der Waals surface area contributed by atoms with Gasteiger partial charge in [-0.05, 0) is 152 Å². The minimum Gasteiger partial charge on any atom is -0.494 e. The number of benzene rings is 2. The molecule has 0 spiro atoms. The third kappa shape index (κ3) is 17.3. The number of carbonyl (C=O) groups excluding carboxylic acids is 6. The summed E-state index contributed by atoms with van der Waals surface area (Å²) in [5.41, 5.74) is 6.83. The molecule has 4 heterocycles. The summed E-state index contributed by atoms with van der Waals surface area (Å²) in [4.78, 5) is 89.0. The van der Waals surface area contributed by atoms with Crippen LogP contribution in [0, 0.1) is 43.2 Å². The quantitative estimate of drug-likeness (QED) is 0.0316. The van der Waals surface area contributed by atoms with Crippen LogP contribution in [-0.4, -0.2) is 130 Å². The average Bonchev–Trinajstić information content (AvgIpc) is 1.92. The summed E-state index contributed by atoms with van der Waals surface area (Å²) in [6, 6.07) is 8.21. The zero-order chi connectivity index (χ0) is 62.9. The van der Waals surface area contributed by atoms with E-state index in [0.29, 0.717) is 85.9 Å². The summed E-state index contributed by atoms with van der Waals surface area (Å²) in [5, 5.41) is 26.6. The zero-order valence-electron chi connectivity index (χ0n) is 52.2. The molecule has 5 aliphatic rings. The van der Waals surface area contributed by atoms with Gasteiger partial charge in [0, 0.05) is 54.1 Å². The van der Waals surface area contributed by atoms with Gasteiger partial charge in [-0.1, -0.05) is 92.9 Å². The smallest absolute Gasteiger partial charge is 0.316 e. The number of aliphatic hydroxyl groups excluding tert-OH is 1. The highest BCUT2D eigenvalue weighted by Gasteiger charge is 2.36. The Morgan fingerprint density at radius 1 is 0.716 bits per heavy atom. The third-order valence-electron chi connectivity index (χ3n) is 17.7. The molecule has 88 heavy (non-hydrogen) atoms. The molecule has 4 aromatic rings. The molecule has 0 radical (unpaired) electrons. The summed E-state index contributed by atoms with van der Waals surface area (Å²) in [6.07, 6.45) is 18.4. The predicted molar refractivity (Wildman–Crippen MR) is 341 cm³/mol. The molecular weight excluding hydrogens is 1130 g/mol. The van der Waals surface area contributed by atoms with Gasteiger partial charge in [0.1, 0.15) is 18.4 Å². The first-order valence-corrected chi connectivity index (χ1v) is 31.4. The van der Waals surface area contributed by atoms with Crippen molar-refractivity contribution in [3.63, 3.8) is 0 Å². The molecule has 3 aliphatic carbocycles. The Kier molecular flexibility index (Phi) is 26.4. The number of hydrogen-bond donors (Lipinski definition) is 5. The fourth-order valence-corrected chi connectivity index (χ4v) is 12.4. The van der Waals surface area contributed by atoms with Crippen molar-refractivity contribution in [2.45, 2.75) is 166 Å². The second kappa shape index (κ2) is 33.3. The minimum absolute atomic E-state index is 0. The number of H-pyrrole nitrogens is 1. The lowest BCUT2D eigenvalue weighted by atomic mass is 9.88. The van der Waals surface area contributed by atoms with Crippen LogP contribution in [0.3, 0.4) is 0 Å². The van der Waals surface area contributed by atoms with E-state index in [2.05, 4.69) is 58.1 Å². The van der Waals surface area contributed by atoms with Gasteiger partial charge in [0.15, 0.2) is 6.73 Å². The molecule has 3 fully saturated rings. The van der Waals surface area contributed by atoms with Gasteiger partial charge < -0.3 is 45.1 Å². The normalized spacial score (nSPS) is 17.4. The summed E-state index contributed by atoms with van der Waals surface area (Å²) in [6.45, 7) is 21.1. The number of nitrogens with zero attached hydrogens (tertiary/aromatic N) is 5. The summed E-state index contributed by atoms with van der Waals surface area (Å²) in [5.74, 6) is -2.86. The number of esters is 3. The molecule has 0 bridgehead atoms. The molecule has 3 amide bonds. The maximum atomic E-state index is 14.3. The number of aromatic amines is 1. The van der Waals surface area contributed by atoms with Crippen LogP contribution in [0.25, 0.3) is 28.6 Å². The van der Waals surface area contributed by atoms with Crippen LogP contribution < -0.4 is 15.5 Å². The molecule has 9 rings (SSSR count). The van der Waals surface area contributed by atoms with Gasteiger partial charge in [-0.25, -0.2) is 8.78 Å². The number of ether oxygens (including phenoxy) is 2. The Hall–Kier alpha value is -7.29. The number of aliphatic imine (C=N–C) groups is 1. The number of aromatic nitrogens is 2. The molecule has 2 aliphatic heterocycles. The highest BCUT2D eigenvalue weighted by atomic mass is 19.1. The Bertz CT molecular complexity index is 3210. The maximum absolute atomic E-state index is 14.3. The molecule has 2 aromatic carbocycles. The van der Waals surface area contributed by atoms with E-state index in [1.54, 1.807) is 26.0 Å². The van der Waals surface area contributed by atoms with E-state index in [4.69, 9.17) is 9.47 Å². The highest BCUT2D eigenvalue weighted by molar-refractivity contribution is 6.36. The van der Waals surface area contributed by atoms with E-state index in [1.165, 1.54) is 58.7 Å². The lowest BCUT2D eigenvalue weighted by molar-refractivity contribution is -0.167. The first kappa shape index (κ1) is 69.8. The topological polar surface area (TPSA) is 228 Å². The molecule has 0 unspecified atom stereocenters. The number of amides is 3. The van der Waals surface area contributed by atoms with Crippen LogP contribution in [0.15, 0.2) is 58.2 Å². The predicted octanol–water partition coefficient (Wildman–Crippen LogP) is 11.7. The van der Waals surface area contributed by atoms with Crippen molar-refractivity contribution in [3.05, 3.63) is 98.5 Å². The molecule has 18 nitrogen and oxygen atoms in total. The summed E-state index contributed by atoms with van der Waals surface area (Å²) < 4.78 is 40.0. The van der Waals surface area contributed by atoms with Gasteiger partial charge in [-0.3, -0.25) is 43.2 Å². The number of carbonyl (C=O) groups is 6. The van der Waals surface area contributed by atoms with E-state index in [0.717, 1.165) is 123 Å². The summed E-state index contributed by atoms with van der Waals surface area (Å²) in [7, 11) is 0. The van der Waals surface area contributed by atoms with Gasteiger partial charge in [0.2, 0.25) is 5.88 Å². The number of nitrogens with one attached hydrogen (secondary N) is 3. The van der Waals surface area contributed by atoms with E-state index in [9.17, 15) is 47.8 Å². The van der Waals surface area contributed by atoms with E-state index >= 15 is 0 Å². The van der Waals surface area contributed by atoms with Crippen LogP contribution in [0.5, 0.6) is 5.88 Å².